The van der Waals surface area contributed by atoms with Gasteiger partial charge in [-0.05, 0) is 24.6 Å². The normalized spacial score (nSPS) is 18.6. The molecule has 1 aromatic heterocycles. The van der Waals surface area contributed by atoms with Gasteiger partial charge in [-0.2, -0.15) is 0 Å². The highest BCUT2D eigenvalue weighted by atomic mass is 16.5. The number of esters is 1. The van der Waals surface area contributed by atoms with E-state index in [0.717, 1.165) is 5.70 Å². The van der Waals surface area contributed by atoms with Crippen LogP contribution in [0.2, 0.25) is 0 Å². The number of imidazole rings is 1. The van der Waals surface area contributed by atoms with Gasteiger partial charge in [0.15, 0.2) is 5.78 Å². The van der Waals surface area contributed by atoms with Gasteiger partial charge in [0, 0.05) is 30.4 Å². The van der Waals surface area contributed by atoms with Crippen molar-refractivity contribution < 1.29 is 14.3 Å². The van der Waals surface area contributed by atoms with Crippen molar-refractivity contribution in [3.8, 4) is 0 Å². The number of ketones is 1. The number of ether oxygens (including phenoxy) is 1. The Bertz CT molecular complexity index is 500. The number of carbonyl (C=O) groups is 2. The molecule has 0 radical (unpaired) electrons. The van der Waals surface area contributed by atoms with Crippen molar-refractivity contribution in [2.45, 2.75) is 12.8 Å². The number of nitrogens with zero attached hydrogens (tertiary/aromatic N) is 2. The van der Waals surface area contributed by atoms with E-state index in [0.29, 0.717) is 6.42 Å². The first-order valence-electron chi connectivity index (χ1n) is 5.69. The summed E-state index contributed by atoms with van der Waals surface area (Å²) in [6.07, 6.45) is 11.0. The van der Waals surface area contributed by atoms with E-state index < -0.39 is 0 Å². The molecule has 18 heavy (non-hydrogen) atoms. The summed E-state index contributed by atoms with van der Waals surface area (Å²) in [6, 6.07) is 0. The molecule has 1 aliphatic rings. The molecule has 0 saturated carbocycles. The summed E-state index contributed by atoms with van der Waals surface area (Å²) in [4.78, 5) is 26.7. The van der Waals surface area contributed by atoms with Crippen LogP contribution in [0, 0.1) is 5.92 Å². The van der Waals surface area contributed by atoms with Gasteiger partial charge in [-0.15, -0.1) is 0 Å². The van der Waals surface area contributed by atoms with E-state index in [1.165, 1.54) is 13.2 Å². The van der Waals surface area contributed by atoms with Crippen molar-refractivity contribution >= 4 is 17.4 Å². The van der Waals surface area contributed by atoms with E-state index in [1.54, 1.807) is 18.6 Å². The molecule has 1 atom stereocenters. The van der Waals surface area contributed by atoms with Crippen LogP contribution in [0.5, 0.6) is 0 Å². The third-order valence-electron chi connectivity index (χ3n) is 2.85. The van der Waals surface area contributed by atoms with Crippen LogP contribution in [0.4, 0.5) is 0 Å². The Kier molecular flexibility index (Phi) is 3.72. The molecule has 0 fully saturated rings. The number of hydrogen-bond donors (Lipinski definition) is 0. The van der Waals surface area contributed by atoms with E-state index in [2.05, 4.69) is 9.72 Å². The SMILES string of the molecule is COC(=O)CCC1C=C(n2ccnc2)C=CC1=O. The molecule has 0 amide bonds. The van der Waals surface area contributed by atoms with Gasteiger partial charge in [-0.1, -0.05) is 0 Å². The van der Waals surface area contributed by atoms with E-state index in [4.69, 9.17) is 0 Å². The van der Waals surface area contributed by atoms with Gasteiger partial charge in [0.2, 0.25) is 0 Å². The van der Waals surface area contributed by atoms with Crippen molar-refractivity contribution in [1.82, 2.24) is 9.55 Å². The molecule has 0 bridgehead atoms. The van der Waals surface area contributed by atoms with Crippen LogP contribution in [0.3, 0.4) is 0 Å². The number of allylic oxidation sites excluding steroid dienone is 4. The molecule has 0 N–H and O–H groups in total. The Morgan fingerprint density at radius 3 is 3.00 bits per heavy atom. The number of rotatable bonds is 4. The van der Waals surface area contributed by atoms with Crippen molar-refractivity contribution in [3.63, 3.8) is 0 Å². The van der Waals surface area contributed by atoms with E-state index in [1.807, 2.05) is 16.8 Å². The molecule has 5 heteroatoms. The Hall–Kier alpha value is -2.17. The summed E-state index contributed by atoms with van der Waals surface area (Å²) in [6.45, 7) is 0. The van der Waals surface area contributed by atoms with Crippen LogP contribution in [0.15, 0.2) is 36.9 Å². The van der Waals surface area contributed by atoms with E-state index in [-0.39, 0.29) is 24.1 Å². The molecule has 1 aliphatic carbocycles. The Balaban J connectivity index is 2.08. The lowest BCUT2D eigenvalue weighted by Gasteiger charge is -2.15. The average Bonchev–Trinajstić information content (AvgIpc) is 2.91. The second-order valence-electron chi connectivity index (χ2n) is 4.02. The van der Waals surface area contributed by atoms with Crippen molar-refractivity contribution in [3.05, 3.63) is 36.9 Å². The van der Waals surface area contributed by atoms with Gasteiger partial charge in [-0.3, -0.25) is 9.59 Å². The fraction of sp³-hybridized carbons (Fsp3) is 0.308. The molecule has 1 aromatic rings. The summed E-state index contributed by atoms with van der Waals surface area (Å²) in [5.41, 5.74) is 0.891. The number of methoxy groups -OCH3 is 1. The Labute approximate surface area is 105 Å². The maximum atomic E-state index is 11.7. The van der Waals surface area contributed by atoms with Gasteiger partial charge in [0.05, 0.1) is 13.4 Å². The highest BCUT2D eigenvalue weighted by Crippen LogP contribution is 2.21. The van der Waals surface area contributed by atoms with Gasteiger partial charge in [0.1, 0.15) is 0 Å². The zero-order chi connectivity index (χ0) is 13.0. The highest BCUT2D eigenvalue weighted by molar-refractivity contribution is 5.98. The zero-order valence-corrected chi connectivity index (χ0v) is 10.1. The molecule has 1 unspecified atom stereocenters. The minimum Gasteiger partial charge on any atom is -0.469 e. The lowest BCUT2D eigenvalue weighted by atomic mass is 9.93. The monoisotopic (exact) mass is 246 g/mol. The van der Waals surface area contributed by atoms with Crippen molar-refractivity contribution in [2.75, 3.05) is 7.11 Å². The molecule has 94 valence electrons. The predicted molar refractivity (Wildman–Crippen MR) is 65.4 cm³/mol. The smallest absolute Gasteiger partial charge is 0.305 e. The molecule has 2 rings (SSSR count). The molecule has 1 heterocycles. The number of carbonyl (C=O) groups excluding carboxylic acids is 2. The topological polar surface area (TPSA) is 61.2 Å². The standard InChI is InChI=1S/C13H14N2O3/c1-18-13(17)5-2-10-8-11(3-4-12(10)16)15-7-6-14-9-15/h3-4,6-10H,2,5H2,1H3. The van der Waals surface area contributed by atoms with Crippen LogP contribution in [0.25, 0.3) is 5.70 Å². The summed E-state index contributed by atoms with van der Waals surface area (Å²) < 4.78 is 6.40. The third-order valence-corrected chi connectivity index (χ3v) is 2.85. The summed E-state index contributed by atoms with van der Waals surface area (Å²) in [7, 11) is 1.34. The zero-order valence-electron chi connectivity index (χ0n) is 10.1. The first-order valence-corrected chi connectivity index (χ1v) is 5.69. The summed E-state index contributed by atoms with van der Waals surface area (Å²) in [5, 5.41) is 0. The third kappa shape index (κ3) is 2.74. The maximum absolute atomic E-state index is 11.7. The van der Waals surface area contributed by atoms with Gasteiger partial charge < -0.3 is 9.30 Å². The first-order chi connectivity index (χ1) is 8.70. The quantitative estimate of drug-likeness (QED) is 0.754. The lowest BCUT2D eigenvalue weighted by Crippen LogP contribution is -2.16. The van der Waals surface area contributed by atoms with Gasteiger partial charge >= 0.3 is 5.97 Å². The van der Waals surface area contributed by atoms with Crippen molar-refractivity contribution in [2.24, 2.45) is 5.92 Å². The molecule has 0 saturated heterocycles. The van der Waals surface area contributed by atoms with Crippen molar-refractivity contribution in [1.29, 1.82) is 0 Å². The Morgan fingerprint density at radius 1 is 1.50 bits per heavy atom. The first kappa shape index (κ1) is 12.3. The second kappa shape index (κ2) is 5.44. The van der Waals surface area contributed by atoms with Crippen LogP contribution in [-0.2, 0) is 14.3 Å². The van der Waals surface area contributed by atoms with Crippen LogP contribution < -0.4 is 0 Å². The Morgan fingerprint density at radius 2 is 2.33 bits per heavy atom. The van der Waals surface area contributed by atoms with Crippen LogP contribution >= 0.6 is 0 Å². The minimum atomic E-state index is -0.296. The molecule has 5 nitrogen and oxygen atoms in total. The minimum absolute atomic E-state index is 0.0165. The van der Waals surface area contributed by atoms with Gasteiger partial charge in [0.25, 0.3) is 0 Å². The predicted octanol–water partition coefficient (Wildman–Crippen LogP) is 1.43. The van der Waals surface area contributed by atoms with Crippen LogP contribution in [0.1, 0.15) is 12.8 Å². The van der Waals surface area contributed by atoms with E-state index in [9.17, 15) is 9.59 Å². The van der Waals surface area contributed by atoms with Gasteiger partial charge in [-0.25, -0.2) is 4.98 Å². The summed E-state index contributed by atoms with van der Waals surface area (Å²) >= 11 is 0. The molecule has 0 aliphatic heterocycles. The molecular formula is C13H14N2O3. The molecule has 0 aromatic carbocycles. The highest BCUT2D eigenvalue weighted by Gasteiger charge is 2.19. The second-order valence-corrected chi connectivity index (χ2v) is 4.02. The van der Waals surface area contributed by atoms with Crippen LogP contribution in [-0.4, -0.2) is 28.4 Å². The lowest BCUT2D eigenvalue weighted by molar-refractivity contribution is -0.140. The maximum Gasteiger partial charge on any atom is 0.305 e. The summed E-state index contributed by atoms with van der Waals surface area (Å²) in [5.74, 6) is -0.552. The van der Waals surface area contributed by atoms with E-state index >= 15 is 0 Å². The molecular weight excluding hydrogens is 232 g/mol. The largest absolute Gasteiger partial charge is 0.469 e. The fourth-order valence-corrected chi connectivity index (χ4v) is 1.82. The average molecular weight is 246 g/mol. The molecule has 0 spiro atoms. The number of hydrogen-bond acceptors (Lipinski definition) is 4. The number of aromatic nitrogens is 2. The fourth-order valence-electron chi connectivity index (χ4n) is 1.82.